The Labute approximate surface area is 113 Å². The molecule has 19 heavy (non-hydrogen) atoms. The molecular weight excluding hydrogens is 236 g/mol. The number of ketones is 1. The van der Waals surface area contributed by atoms with Crippen molar-refractivity contribution in [3.63, 3.8) is 0 Å². The predicted octanol–water partition coefficient (Wildman–Crippen LogP) is 3.25. The maximum Gasteiger partial charge on any atom is 0.178 e. The van der Waals surface area contributed by atoms with Crippen molar-refractivity contribution in [2.24, 2.45) is 0 Å². The van der Waals surface area contributed by atoms with Crippen molar-refractivity contribution in [1.82, 2.24) is 4.57 Å². The van der Waals surface area contributed by atoms with Gasteiger partial charge in [-0.25, -0.2) is 0 Å². The van der Waals surface area contributed by atoms with Crippen LogP contribution in [0.4, 0.5) is 0 Å². The van der Waals surface area contributed by atoms with Crippen molar-refractivity contribution in [3.8, 4) is 6.07 Å². The van der Waals surface area contributed by atoms with E-state index in [1.807, 2.05) is 44.2 Å². The highest BCUT2D eigenvalue weighted by Crippen LogP contribution is 2.18. The van der Waals surface area contributed by atoms with Crippen molar-refractivity contribution in [3.05, 3.63) is 58.9 Å². The van der Waals surface area contributed by atoms with Gasteiger partial charge in [-0.05, 0) is 25.5 Å². The maximum absolute atomic E-state index is 11.8. The Morgan fingerprint density at radius 3 is 2.58 bits per heavy atom. The summed E-state index contributed by atoms with van der Waals surface area (Å²) in [6.07, 6.45) is -0.0599. The van der Waals surface area contributed by atoms with E-state index < -0.39 is 0 Å². The van der Waals surface area contributed by atoms with Crippen molar-refractivity contribution in [2.45, 2.75) is 26.8 Å². The highest BCUT2D eigenvalue weighted by molar-refractivity contribution is 5.98. The van der Waals surface area contributed by atoms with Gasteiger partial charge in [0.15, 0.2) is 5.78 Å². The SMILES string of the molecule is Cc1cc(C(=O)CC#N)c(C)n1Cc1ccccc1. The second kappa shape index (κ2) is 5.53. The lowest BCUT2D eigenvalue weighted by Crippen LogP contribution is -2.06. The van der Waals surface area contributed by atoms with Crippen LogP contribution in [-0.4, -0.2) is 10.4 Å². The second-order valence-corrected chi connectivity index (χ2v) is 4.61. The second-order valence-electron chi connectivity index (χ2n) is 4.61. The topological polar surface area (TPSA) is 45.8 Å². The molecule has 0 amide bonds. The molecule has 0 fully saturated rings. The lowest BCUT2D eigenvalue weighted by Gasteiger charge is -2.09. The van der Waals surface area contributed by atoms with Crippen LogP contribution < -0.4 is 0 Å². The number of carbonyl (C=O) groups excluding carboxylic acids is 1. The number of Topliss-reactive ketones (excluding diaryl/α,β-unsaturated/α-hetero) is 1. The molecule has 0 aliphatic rings. The molecule has 0 saturated carbocycles. The van der Waals surface area contributed by atoms with Crippen molar-refractivity contribution >= 4 is 5.78 Å². The Kier molecular flexibility index (Phi) is 3.82. The van der Waals surface area contributed by atoms with E-state index in [9.17, 15) is 4.79 Å². The summed E-state index contributed by atoms with van der Waals surface area (Å²) in [7, 11) is 0. The Morgan fingerprint density at radius 1 is 1.26 bits per heavy atom. The van der Waals surface area contributed by atoms with E-state index in [-0.39, 0.29) is 12.2 Å². The fourth-order valence-electron chi connectivity index (χ4n) is 2.26. The molecule has 2 rings (SSSR count). The van der Waals surface area contributed by atoms with E-state index in [1.165, 1.54) is 5.56 Å². The number of hydrogen-bond donors (Lipinski definition) is 0. The molecule has 2 aromatic rings. The number of carbonyl (C=O) groups is 1. The monoisotopic (exact) mass is 252 g/mol. The van der Waals surface area contributed by atoms with Gasteiger partial charge in [0.25, 0.3) is 0 Å². The van der Waals surface area contributed by atoms with Crippen LogP contribution in [0.2, 0.25) is 0 Å². The number of aryl methyl sites for hydroxylation is 1. The lowest BCUT2D eigenvalue weighted by atomic mass is 10.1. The van der Waals surface area contributed by atoms with Gasteiger partial charge in [0.2, 0.25) is 0 Å². The summed E-state index contributed by atoms with van der Waals surface area (Å²) >= 11 is 0. The van der Waals surface area contributed by atoms with Crippen LogP contribution in [0.15, 0.2) is 36.4 Å². The van der Waals surface area contributed by atoms with E-state index in [1.54, 1.807) is 0 Å². The molecule has 0 unspecified atom stereocenters. The van der Waals surface area contributed by atoms with Crippen LogP contribution in [0.25, 0.3) is 0 Å². The average molecular weight is 252 g/mol. The Balaban J connectivity index is 2.33. The van der Waals surface area contributed by atoms with E-state index in [0.29, 0.717) is 5.56 Å². The third-order valence-corrected chi connectivity index (χ3v) is 3.30. The molecule has 1 aromatic heterocycles. The first-order valence-electron chi connectivity index (χ1n) is 6.24. The molecule has 0 bridgehead atoms. The Bertz CT molecular complexity index is 633. The van der Waals surface area contributed by atoms with E-state index in [4.69, 9.17) is 5.26 Å². The molecule has 0 radical (unpaired) electrons. The zero-order valence-corrected chi connectivity index (χ0v) is 11.2. The zero-order valence-electron chi connectivity index (χ0n) is 11.2. The number of hydrogen-bond acceptors (Lipinski definition) is 2. The average Bonchev–Trinajstić information content (AvgIpc) is 2.68. The van der Waals surface area contributed by atoms with E-state index in [0.717, 1.165) is 17.9 Å². The first kappa shape index (κ1) is 13.1. The minimum absolute atomic E-state index is 0.0599. The molecule has 96 valence electrons. The summed E-state index contributed by atoms with van der Waals surface area (Å²) in [6, 6.07) is 13.9. The summed E-state index contributed by atoms with van der Waals surface area (Å²) in [5.41, 5.74) is 3.84. The smallest absolute Gasteiger partial charge is 0.178 e. The summed E-state index contributed by atoms with van der Waals surface area (Å²) < 4.78 is 2.11. The summed E-state index contributed by atoms with van der Waals surface area (Å²) in [5, 5.41) is 8.62. The molecule has 1 heterocycles. The molecule has 3 nitrogen and oxygen atoms in total. The molecule has 0 N–H and O–H groups in total. The van der Waals surface area contributed by atoms with Gasteiger partial charge in [0.05, 0.1) is 12.5 Å². The predicted molar refractivity (Wildman–Crippen MR) is 74.0 cm³/mol. The van der Waals surface area contributed by atoms with Gasteiger partial charge < -0.3 is 4.57 Å². The van der Waals surface area contributed by atoms with Gasteiger partial charge >= 0.3 is 0 Å². The van der Waals surface area contributed by atoms with Gasteiger partial charge in [0.1, 0.15) is 0 Å². The van der Waals surface area contributed by atoms with Crippen molar-refractivity contribution in [1.29, 1.82) is 5.26 Å². The van der Waals surface area contributed by atoms with E-state index in [2.05, 4.69) is 16.7 Å². The first-order chi connectivity index (χ1) is 9.13. The number of rotatable bonds is 4. The van der Waals surface area contributed by atoms with Crippen LogP contribution in [0, 0.1) is 25.2 Å². The Morgan fingerprint density at radius 2 is 1.95 bits per heavy atom. The summed E-state index contributed by atoms with van der Waals surface area (Å²) in [4.78, 5) is 11.8. The van der Waals surface area contributed by atoms with Gasteiger partial charge in [-0.3, -0.25) is 4.79 Å². The molecule has 0 spiro atoms. The third kappa shape index (κ3) is 2.74. The molecule has 0 aliphatic carbocycles. The number of aromatic nitrogens is 1. The van der Waals surface area contributed by atoms with Gasteiger partial charge in [0, 0.05) is 23.5 Å². The minimum Gasteiger partial charge on any atom is -0.344 e. The van der Waals surface area contributed by atoms with E-state index >= 15 is 0 Å². The standard InChI is InChI=1S/C16H16N2O/c1-12-10-15(16(19)8-9-17)13(2)18(12)11-14-6-4-3-5-7-14/h3-7,10H,8,11H2,1-2H3. The largest absolute Gasteiger partial charge is 0.344 e. The van der Waals surface area contributed by atoms with Crippen molar-refractivity contribution in [2.75, 3.05) is 0 Å². The number of nitrogens with zero attached hydrogens (tertiary/aromatic N) is 2. The van der Waals surface area contributed by atoms with Crippen LogP contribution >= 0.6 is 0 Å². The fraction of sp³-hybridized carbons (Fsp3) is 0.250. The molecule has 0 saturated heterocycles. The quantitative estimate of drug-likeness (QED) is 0.784. The van der Waals surface area contributed by atoms with Crippen LogP contribution in [0.5, 0.6) is 0 Å². The number of nitriles is 1. The number of benzene rings is 1. The van der Waals surface area contributed by atoms with Crippen LogP contribution in [-0.2, 0) is 6.54 Å². The molecule has 0 aliphatic heterocycles. The van der Waals surface area contributed by atoms with Gasteiger partial charge in [-0.15, -0.1) is 0 Å². The normalized spacial score (nSPS) is 10.2. The summed E-state index contributed by atoms with van der Waals surface area (Å²) in [6.45, 7) is 4.66. The molecule has 3 heteroatoms. The highest BCUT2D eigenvalue weighted by Gasteiger charge is 2.15. The van der Waals surface area contributed by atoms with Gasteiger partial charge in [-0.2, -0.15) is 5.26 Å². The minimum atomic E-state index is -0.102. The highest BCUT2D eigenvalue weighted by atomic mass is 16.1. The molecule has 1 aromatic carbocycles. The van der Waals surface area contributed by atoms with Crippen molar-refractivity contribution < 1.29 is 4.79 Å². The Hall–Kier alpha value is -2.34. The summed E-state index contributed by atoms with van der Waals surface area (Å²) in [5.74, 6) is -0.102. The molecular formula is C16H16N2O. The van der Waals surface area contributed by atoms with Crippen LogP contribution in [0.3, 0.4) is 0 Å². The zero-order chi connectivity index (χ0) is 13.8. The first-order valence-corrected chi connectivity index (χ1v) is 6.24. The maximum atomic E-state index is 11.8. The van der Waals surface area contributed by atoms with Gasteiger partial charge in [-0.1, -0.05) is 30.3 Å². The lowest BCUT2D eigenvalue weighted by molar-refractivity contribution is 0.0997. The third-order valence-electron chi connectivity index (χ3n) is 3.30. The molecule has 0 atom stereocenters. The fourth-order valence-corrected chi connectivity index (χ4v) is 2.26. The van der Waals surface area contributed by atoms with Crippen LogP contribution in [0.1, 0.15) is 33.7 Å².